The van der Waals surface area contributed by atoms with Gasteiger partial charge < -0.3 is 10.2 Å². The highest BCUT2D eigenvalue weighted by molar-refractivity contribution is 8.01. The van der Waals surface area contributed by atoms with Crippen molar-refractivity contribution >= 4 is 45.0 Å². The van der Waals surface area contributed by atoms with Crippen LogP contribution in [0.1, 0.15) is 31.2 Å². The number of fused-ring (bicyclic) bond motifs is 1. The van der Waals surface area contributed by atoms with Crippen molar-refractivity contribution in [3.63, 3.8) is 0 Å². The molecule has 8 nitrogen and oxygen atoms in total. The maximum Gasteiger partial charge on any atom is 0.261 e. The molecule has 1 atom stereocenters. The molecule has 32 heavy (non-hydrogen) atoms. The van der Waals surface area contributed by atoms with Crippen LogP contribution in [0.5, 0.6) is 0 Å². The number of thioether (sulfide) groups is 1. The van der Waals surface area contributed by atoms with Crippen molar-refractivity contribution in [1.82, 2.24) is 4.90 Å². The van der Waals surface area contributed by atoms with Crippen molar-refractivity contribution in [2.45, 2.75) is 40.7 Å². The Bertz CT molecular complexity index is 1180. The van der Waals surface area contributed by atoms with Crippen molar-refractivity contribution in [2.24, 2.45) is 0 Å². The first-order valence-corrected chi connectivity index (χ1v) is 12.7. The summed E-state index contributed by atoms with van der Waals surface area (Å²) in [7, 11) is -3.90. The van der Waals surface area contributed by atoms with E-state index in [1.54, 1.807) is 11.0 Å². The van der Waals surface area contributed by atoms with Gasteiger partial charge in [-0.3, -0.25) is 14.3 Å². The van der Waals surface area contributed by atoms with E-state index in [4.69, 9.17) is 5.26 Å². The molecule has 0 aliphatic carbocycles. The van der Waals surface area contributed by atoms with Crippen LogP contribution < -0.4 is 10.0 Å². The van der Waals surface area contributed by atoms with Crippen LogP contribution in [-0.2, 0) is 19.6 Å². The second kappa shape index (κ2) is 9.22. The topological polar surface area (TPSA) is 119 Å². The van der Waals surface area contributed by atoms with Crippen molar-refractivity contribution in [3.05, 3.63) is 48.0 Å². The van der Waals surface area contributed by atoms with Crippen molar-refractivity contribution in [2.75, 3.05) is 23.1 Å². The Balaban J connectivity index is 1.51. The molecule has 166 valence electrons. The Morgan fingerprint density at radius 2 is 1.78 bits per heavy atom. The SMILES string of the molecule is N#Cc1ccc(NS(=O)(=O)c2ccc3c(c2)NC(=O)[C@@H](C(=O)N2CCCCCC2)S3)cc1. The number of anilines is 2. The van der Waals surface area contributed by atoms with Crippen LogP contribution >= 0.6 is 11.8 Å². The van der Waals surface area contributed by atoms with E-state index in [1.165, 1.54) is 36.4 Å². The number of amides is 2. The summed E-state index contributed by atoms with van der Waals surface area (Å²) in [5, 5.41) is 10.7. The fourth-order valence-corrected chi connectivity index (χ4v) is 5.84. The molecule has 10 heteroatoms. The fraction of sp³-hybridized carbons (Fsp3) is 0.318. The minimum atomic E-state index is -3.90. The molecule has 2 aliphatic rings. The maximum atomic E-state index is 12.9. The molecule has 2 amide bonds. The molecule has 0 saturated carbocycles. The lowest BCUT2D eigenvalue weighted by Gasteiger charge is -2.28. The zero-order chi connectivity index (χ0) is 22.7. The van der Waals surface area contributed by atoms with Crippen molar-refractivity contribution < 1.29 is 18.0 Å². The molecule has 2 heterocycles. The normalized spacial score (nSPS) is 18.7. The molecular formula is C22H22N4O4S2. The highest BCUT2D eigenvalue weighted by Gasteiger charge is 2.36. The molecule has 1 saturated heterocycles. The first kappa shape index (κ1) is 22.2. The van der Waals surface area contributed by atoms with Crippen LogP contribution in [0.4, 0.5) is 11.4 Å². The standard InChI is InChI=1S/C22H22N4O4S2/c23-14-15-5-7-16(8-6-15)25-32(29,30)17-9-10-19-18(13-17)24-21(27)20(31-19)22(28)26-11-3-1-2-4-12-26/h5-10,13,20,25H,1-4,11-12H2,(H,24,27)/t20-/m0/s1. The lowest BCUT2D eigenvalue weighted by Crippen LogP contribution is -2.45. The summed E-state index contributed by atoms with van der Waals surface area (Å²) in [5.41, 5.74) is 1.11. The van der Waals surface area contributed by atoms with Crippen molar-refractivity contribution in [3.8, 4) is 6.07 Å². The molecule has 0 unspecified atom stereocenters. The molecule has 0 spiro atoms. The van der Waals surface area contributed by atoms with Crippen LogP contribution in [0.25, 0.3) is 0 Å². The summed E-state index contributed by atoms with van der Waals surface area (Å²) in [6.45, 7) is 1.32. The number of hydrogen-bond donors (Lipinski definition) is 2. The first-order chi connectivity index (χ1) is 15.4. The van der Waals surface area contributed by atoms with Crippen LogP contribution in [0.2, 0.25) is 0 Å². The summed E-state index contributed by atoms with van der Waals surface area (Å²) in [5.74, 6) is -0.634. The Hall–Kier alpha value is -3.03. The number of rotatable bonds is 4. The van der Waals surface area contributed by atoms with Gasteiger partial charge >= 0.3 is 0 Å². The van der Waals surface area contributed by atoms with E-state index in [9.17, 15) is 18.0 Å². The highest BCUT2D eigenvalue weighted by atomic mass is 32.2. The Kier molecular flexibility index (Phi) is 6.39. The van der Waals surface area contributed by atoms with Gasteiger partial charge in [0.1, 0.15) is 0 Å². The molecule has 2 aromatic rings. The third-order valence-electron chi connectivity index (χ3n) is 5.41. The molecule has 2 aliphatic heterocycles. The molecule has 2 aromatic carbocycles. The number of nitriles is 1. The van der Waals surface area contributed by atoms with E-state index in [1.807, 2.05) is 6.07 Å². The number of benzene rings is 2. The number of nitrogens with one attached hydrogen (secondary N) is 2. The monoisotopic (exact) mass is 470 g/mol. The van der Waals surface area contributed by atoms with Crippen LogP contribution in [0.15, 0.2) is 52.3 Å². The van der Waals surface area contributed by atoms with E-state index in [2.05, 4.69) is 10.0 Å². The predicted molar refractivity (Wildman–Crippen MR) is 122 cm³/mol. The number of likely N-dealkylation sites (tertiary alicyclic amines) is 1. The second-order valence-electron chi connectivity index (χ2n) is 7.68. The zero-order valence-corrected chi connectivity index (χ0v) is 18.8. The first-order valence-electron chi connectivity index (χ1n) is 10.3. The smallest absolute Gasteiger partial charge is 0.261 e. The van der Waals surface area contributed by atoms with Gasteiger partial charge in [-0.25, -0.2) is 8.42 Å². The minimum Gasteiger partial charge on any atom is -0.341 e. The van der Waals surface area contributed by atoms with Gasteiger partial charge in [0.2, 0.25) is 11.8 Å². The summed E-state index contributed by atoms with van der Waals surface area (Å²) in [6.07, 6.45) is 4.05. The largest absolute Gasteiger partial charge is 0.341 e. The maximum absolute atomic E-state index is 12.9. The average Bonchev–Trinajstić information content (AvgIpc) is 3.08. The lowest BCUT2D eigenvalue weighted by molar-refractivity contribution is -0.133. The zero-order valence-electron chi connectivity index (χ0n) is 17.2. The van der Waals surface area contributed by atoms with Crippen LogP contribution in [-0.4, -0.2) is 43.5 Å². The van der Waals surface area contributed by atoms with E-state index in [0.717, 1.165) is 37.4 Å². The van der Waals surface area contributed by atoms with Gasteiger partial charge in [0.15, 0.2) is 5.25 Å². The molecule has 0 aromatic heterocycles. The summed E-state index contributed by atoms with van der Waals surface area (Å²) >= 11 is 1.15. The van der Waals surface area contributed by atoms with Crippen molar-refractivity contribution in [1.29, 1.82) is 5.26 Å². The van der Waals surface area contributed by atoms with Gasteiger partial charge in [-0.1, -0.05) is 12.8 Å². The number of hydrogen-bond acceptors (Lipinski definition) is 6. The second-order valence-corrected chi connectivity index (χ2v) is 10.5. The molecule has 0 radical (unpaired) electrons. The van der Waals surface area contributed by atoms with Gasteiger partial charge in [-0.15, -0.1) is 11.8 Å². The third-order valence-corrected chi connectivity index (χ3v) is 8.05. The summed E-state index contributed by atoms with van der Waals surface area (Å²) < 4.78 is 28.0. The number of carbonyl (C=O) groups excluding carboxylic acids is 2. The predicted octanol–water partition coefficient (Wildman–Crippen LogP) is 3.17. The van der Waals surface area contributed by atoms with E-state index >= 15 is 0 Å². The number of carbonyl (C=O) groups is 2. The van der Waals surface area contributed by atoms with E-state index < -0.39 is 21.2 Å². The quantitative estimate of drug-likeness (QED) is 0.663. The molecule has 0 bridgehead atoms. The van der Waals surface area contributed by atoms with E-state index in [0.29, 0.717) is 34.9 Å². The van der Waals surface area contributed by atoms with Gasteiger partial charge in [0, 0.05) is 23.7 Å². The minimum absolute atomic E-state index is 0.0150. The molecule has 2 N–H and O–H groups in total. The van der Waals surface area contributed by atoms with Gasteiger partial charge in [-0.2, -0.15) is 5.26 Å². The Morgan fingerprint density at radius 1 is 1.09 bits per heavy atom. The average molecular weight is 471 g/mol. The number of nitrogens with zero attached hydrogens (tertiary/aromatic N) is 2. The molecule has 1 fully saturated rings. The Labute approximate surface area is 191 Å². The van der Waals surface area contributed by atoms with Gasteiger partial charge in [0.05, 0.1) is 22.2 Å². The summed E-state index contributed by atoms with van der Waals surface area (Å²) in [6, 6.07) is 12.5. The van der Waals surface area contributed by atoms with Crippen LogP contribution in [0.3, 0.4) is 0 Å². The molecular weight excluding hydrogens is 448 g/mol. The van der Waals surface area contributed by atoms with Crippen LogP contribution in [0, 0.1) is 11.3 Å². The van der Waals surface area contributed by atoms with Gasteiger partial charge in [0.25, 0.3) is 10.0 Å². The summed E-state index contributed by atoms with van der Waals surface area (Å²) in [4.78, 5) is 28.0. The third kappa shape index (κ3) is 4.74. The van der Waals surface area contributed by atoms with E-state index in [-0.39, 0.29) is 10.8 Å². The number of sulfonamides is 1. The molecule has 4 rings (SSSR count). The van der Waals surface area contributed by atoms with Gasteiger partial charge in [-0.05, 0) is 55.3 Å². The Morgan fingerprint density at radius 3 is 2.44 bits per heavy atom. The highest BCUT2D eigenvalue weighted by Crippen LogP contribution is 2.38. The lowest BCUT2D eigenvalue weighted by atomic mass is 10.2. The fourth-order valence-electron chi connectivity index (χ4n) is 3.70.